The summed E-state index contributed by atoms with van der Waals surface area (Å²) in [6.45, 7) is 5.50. The van der Waals surface area contributed by atoms with Crippen LogP contribution in [0.4, 0.5) is 4.79 Å². The van der Waals surface area contributed by atoms with Gasteiger partial charge in [0.2, 0.25) is 0 Å². The number of nitrogens with one attached hydrogen (secondary N) is 1. The highest BCUT2D eigenvalue weighted by atomic mass is 32.1. The molecule has 0 radical (unpaired) electrons. The first-order valence-electron chi connectivity index (χ1n) is 6.47. The molecule has 0 aromatic heterocycles. The van der Waals surface area contributed by atoms with Gasteiger partial charge in [0.15, 0.2) is 5.11 Å². The SMILES string of the molecule is CCOC(=O)NC(=S)N1CCC(C(=O)OCC)CC1. The molecule has 108 valence electrons. The Balaban J connectivity index is 2.35. The van der Waals surface area contributed by atoms with Crippen LogP contribution in [0.1, 0.15) is 26.7 Å². The predicted molar refractivity (Wildman–Crippen MR) is 73.7 cm³/mol. The minimum atomic E-state index is -0.542. The summed E-state index contributed by atoms with van der Waals surface area (Å²) in [6.07, 6.45) is 0.826. The van der Waals surface area contributed by atoms with Crippen LogP contribution in [0.15, 0.2) is 0 Å². The molecule has 19 heavy (non-hydrogen) atoms. The molecule has 1 aliphatic heterocycles. The van der Waals surface area contributed by atoms with E-state index in [1.54, 1.807) is 13.8 Å². The Bertz CT molecular complexity index is 341. The summed E-state index contributed by atoms with van der Waals surface area (Å²) in [5, 5.41) is 2.85. The first kappa shape index (κ1) is 15.7. The van der Waals surface area contributed by atoms with Crippen LogP contribution in [0.2, 0.25) is 0 Å². The number of ether oxygens (including phenoxy) is 2. The van der Waals surface area contributed by atoms with E-state index < -0.39 is 6.09 Å². The Morgan fingerprint density at radius 2 is 1.79 bits per heavy atom. The quantitative estimate of drug-likeness (QED) is 0.623. The van der Waals surface area contributed by atoms with Gasteiger partial charge in [0.1, 0.15) is 0 Å². The Morgan fingerprint density at radius 1 is 1.21 bits per heavy atom. The second kappa shape index (κ2) is 7.93. The Hall–Kier alpha value is -1.37. The van der Waals surface area contributed by atoms with Crippen molar-refractivity contribution >= 4 is 29.4 Å². The predicted octanol–water partition coefficient (Wildman–Crippen LogP) is 1.29. The number of nitrogens with zero attached hydrogens (tertiary/aromatic N) is 1. The summed E-state index contributed by atoms with van der Waals surface area (Å²) >= 11 is 5.12. The molecule has 0 aromatic rings. The lowest BCUT2D eigenvalue weighted by molar-refractivity contribution is -0.149. The summed E-state index contributed by atoms with van der Waals surface area (Å²) < 4.78 is 9.75. The average Bonchev–Trinajstić information content (AvgIpc) is 2.39. The van der Waals surface area contributed by atoms with Crippen molar-refractivity contribution in [3.05, 3.63) is 0 Å². The first-order valence-corrected chi connectivity index (χ1v) is 6.88. The van der Waals surface area contributed by atoms with Crippen LogP contribution >= 0.6 is 12.2 Å². The van der Waals surface area contributed by atoms with Gasteiger partial charge in [0.05, 0.1) is 19.1 Å². The van der Waals surface area contributed by atoms with Crippen molar-refractivity contribution in [2.45, 2.75) is 26.7 Å². The molecule has 1 saturated heterocycles. The molecule has 0 aliphatic carbocycles. The van der Waals surface area contributed by atoms with Gasteiger partial charge >= 0.3 is 12.1 Å². The van der Waals surface area contributed by atoms with E-state index in [0.717, 1.165) is 0 Å². The van der Waals surface area contributed by atoms with Crippen molar-refractivity contribution in [1.82, 2.24) is 10.2 Å². The van der Waals surface area contributed by atoms with Crippen LogP contribution in [-0.2, 0) is 14.3 Å². The fourth-order valence-corrected chi connectivity index (χ4v) is 2.18. The van der Waals surface area contributed by atoms with Crippen LogP contribution in [0.5, 0.6) is 0 Å². The number of likely N-dealkylation sites (tertiary alicyclic amines) is 1. The van der Waals surface area contributed by atoms with Crippen LogP contribution in [-0.4, -0.2) is 48.4 Å². The van der Waals surface area contributed by atoms with E-state index in [1.807, 2.05) is 4.90 Å². The fraction of sp³-hybridized carbons (Fsp3) is 0.750. The van der Waals surface area contributed by atoms with E-state index in [-0.39, 0.29) is 11.9 Å². The first-order chi connectivity index (χ1) is 9.08. The van der Waals surface area contributed by atoms with Crippen LogP contribution in [0.3, 0.4) is 0 Å². The monoisotopic (exact) mass is 288 g/mol. The second-order valence-electron chi connectivity index (χ2n) is 4.16. The molecule has 0 bridgehead atoms. The molecule has 0 atom stereocenters. The van der Waals surface area contributed by atoms with Gasteiger partial charge < -0.3 is 14.4 Å². The van der Waals surface area contributed by atoms with Gasteiger partial charge in [-0.1, -0.05) is 0 Å². The molecule has 1 heterocycles. The zero-order valence-electron chi connectivity index (χ0n) is 11.3. The smallest absolute Gasteiger partial charge is 0.413 e. The number of carbonyl (C=O) groups excluding carboxylic acids is 2. The van der Waals surface area contributed by atoms with Gasteiger partial charge in [-0.05, 0) is 38.9 Å². The molecule has 0 saturated carbocycles. The maximum atomic E-state index is 11.6. The molecule has 0 spiro atoms. The normalized spacial score (nSPS) is 15.8. The average molecular weight is 288 g/mol. The topological polar surface area (TPSA) is 67.9 Å². The minimum Gasteiger partial charge on any atom is -0.466 e. The van der Waals surface area contributed by atoms with E-state index in [0.29, 0.717) is 44.3 Å². The van der Waals surface area contributed by atoms with Crippen LogP contribution in [0, 0.1) is 5.92 Å². The van der Waals surface area contributed by atoms with Gasteiger partial charge in [-0.25, -0.2) is 4.79 Å². The summed E-state index contributed by atoms with van der Waals surface area (Å²) in [4.78, 5) is 24.7. The highest BCUT2D eigenvalue weighted by molar-refractivity contribution is 7.80. The number of hydrogen-bond donors (Lipinski definition) is 1. The van der Waals surface area contributed by atoms with Gasteiger partial charge in [0.25, 0.3) is 0 Å². The lowest BCUT2D eigenvalue weighted by Gasteiger charge is -2.32. The third-order valence-electron chi connectivity index (χ3n) is 2.89. The summed E-state index contributed by atoms with van der Waals surface area (Å²) in [7, 11) is 0. The standard InChI is InChI=1S/C12H20N2O4S/c1-3-17-10(15)9-5-7-14(8-6-9)11(19)13-12(16)18-4-2/h9H,3-8H2,1-2H3,(H,13,16,19). The van der Waals surface area contributed by atoms with Crippen LogP contribution < -0.4 is 5.32 Å². The zero-order valence-corrected chi connectivity index (χ0v) is 12.1. The molecular weight excluding hydrogens is 268 g/mol. The van der Waals surface area contributed by atoms with Gasteiger partial charge in [-0.15, -0.1) is 0 Å². The maximum Gasteiger partial charge on any atom is 0.413 e. The molecule has 1 N–H and O–H groups in total. The molecule has 1 amide bonds. The molecule has 1 aliphatic rings. The number of piperidine rings is 1. The fourth-order valence-electron chi connectivity index (χ4n) is 1.91. The summed E-state index contributed by atoms with van der Waals surface area (Å²) in [5.74, 6) is -0.215. The van der Waals surface area contributed by atoms with Crippen LogP contribution in [0.25, 0.3) is 0 Å². The lowest BCUT2D eigenvalue weighted by Crippen LogP contribution is -2.47. The number of carbonyl (C=O) groups is 2. The van der Waals surface area contributed by atoms with Crippen molar-refractivity contribution in [3.8, 4) is 0 Å². The minimum absolute atomic E-state index is 0.0680. The summed E-state index contributed by atoms with van der Waals surface area (Å²) in [6, 6.07) is 0. The van der Waals surface area contributed by atoms with Crippen molar-refractivity contribution < 1.29 is 19.1 Å². The van der Waals surface area contributed by atoms with E-state index in [1.165, 1.54) is 0 Å². The molecule has 1 rings (SSSR count). The number of thiocarbonyl (C=S) groups is 1. The number of hydrogen-bond acceptors (Lipinski definition) is 5. The lowest BCUT2D eigenvalue weighted by atomic mass is 9.97. The maximum absolute atomic E-state index is 11.6. The Labute approximate surface area is 118 Å². The van der Waals surface area contributed by atoms with Crippen molar-refractivity contribution in [3.63, 3.8) is 0 Å². The van der Waals surface area contributed by atoms with Gasteiger partial charge in [-0.3, -0.25) is 10.1 Å². The zero-order chi connectivity index (χ0) is 14.3. The van der Waals surface area contributed by atoms with Gasteiger partial charge in [0, 0.05) is 13.1 Å². The molecular formula is C12H20N2O4S. The van der Waals surface area contributed by atoms with Crippen molar-refractivity contribution in [1.29, 1.82) is 0 Å². The highest BCUT2D eigenvalue weighted by Crippen LogP contribution is 2.18. The Morgan fingerprint density at radius 3 is 2.32 bits per heavy atom. The molecule has 6 nitrogen and oxygen atoms in total. The van der Waals surface area contributed by atoms with Gasteiger partial charge in [-0.2, -0.15) is 0 Å². The van der Waals surface area contributed by atoms with Crippen molar-refractivity contribution in [2.24, 2.45) is 5.92 Å². The number of esters is 1. The van der Waals surface area contributed by atoms with E-state index in [9.17, 15) is 9.59 Å². The summed E-state index contributed by atoms with van der Waals surface area (Å²) in [5.41, 5.74) is 0. The number of amides is 1. The Kier molecular flexibility index (Phi) is 6.55. The van der Waals surface area contributed by atoms with E-state index >= 15 is 0 Å². The van der Waals surface area contributed by atoms with E-state index in [4.69, 9.17) is 21.7 Å². The third-order valence-corrected chi connectivity index (χ3v) is 3.25. The highest BCUT2D eigenvalue weighted by Gasteiger charge is 2.27. The molecule has 0 aromatic carbocycles. The number of alkyl carbamates (subject to hydrolysis) is 1. The molecule has 1 fully saturated rings. The van der Waals surface area contributed by atoms with E-state index in [2.05, 4.69) is 5.32 Å². The van der Waals surface area contributed by atoms with Crippen molar-refractivity contribution in [2.75, 3.05) is 26.3 Å². The molecule has 0 unspecified atom stereocenters. The largest absolute Gasteiger partial charge is 0.466 e. The second-order valence-corrected chi connectivity index (χ2v) is 4.55. The third kappa shape index (κ3) is 5.02. The molecule has 7 heteroatoms. The number of rotatable bonds is 3.